The van der Waals surface area contributed by atoms with Crippen LogP contribution in [0, 0.1) is 5.92 Å². The van der Waals surface area contributed by atoms with Crippen LogP contribution in [0.4, 0.5) is 0 Å². The first kappa shape index (κ1) is 24.1. The third-order valence-corrected chi connectivity index (χ3v) is 5.46. The van der Waals surface area contributed by atoms with Gasteiger partial charge in [-0.15, -0.1) is 5.73 Å². The molecule has 0 bridgehead atoms. The van der Waals surface area contributed by atoms with Gasteiger partial charge in [-0.1, -0.05) is 70.9 Å². The highest BCUT2D eigenvalue weighted by atomic mass is 32.2. The summed E-state index contributed by atoms with van der Waals surface area (Å²) in [5.41, 5.74) is 5.50. The quantitative estimate of drug-likeness (QED) is 0.151. The minimum absolute atomic E-state index is 0.0683. The van der Waals surface area contributed by atoms with Gasteiger partial charge in [0, 0.05) is 16.6 Å². The average Bonchev–Trinajstić information content (AvgIpc) is 2.66. The molecule has 0 fully saturated rings. The lowest BCUT2D eigenvalue weighted by Crippen LogP contribution is -2.12. The van der Waals surface area contributed by atoms with E-state index in [2.05, 4.69) is 31.9 Å². The van der Waals surface area contributed by atoms with Gasteiger partial charge >= 0.3 is 0 Å². The number of ketones is 1. The van der Waals surface area contributed by atoms with Crippen LogP contribution >= 0.6 is 24.4 Å². The number of Topliss-reactive ketones (excluding diaryl/α,β-unsaturated/α-hetero) is 1. The van der Waals surface area contributed by atoms with E-state index in [9.17, 15) is 4.79 Å². The van der Waals surface area contributed by atoms with Crippen molar-refractivity contribution in [1.29, 1.82) is 0 Å². The number of unbranched alkanes of at least 4 members (excludes halogenated alkanes) is 3. The highest BCUT2D eigenvalue weighted by molar-refractivity contribution is 8.09. The first-order valence-electron chi connectivity index (χ1n) is 9.22. The van der Waals surface area contributed by atoms with E-state index in [4.69, 9.17) is 0 Å². The number of benzene rings is 1. The molecule has 0 saturated heterocycles. The molecule has 0 N–H and O–H groups in total. The topological polar surface area (TPSA) is 17.1 Å². The molecule has 25 heavy (non-hydrogen) atoms. The number of thioether (sulfide) groups is 1. The van der Waals surface area contributed by atoms with Crippen molar-refractivity contribution in [3.63, 3.8) is 0 Å². The van der Waals surface area contributed by atoms with Crippen molar-refractivity contribution in [1.82, 2.24) is 0 Å². The van der Waals surface area contributed by atoms with Gasteiger partial charge in [0.2, 0.25) is 0 Å². The molecule has 140 valence electrons. The predicted octanol–water partition coefficient (Wildman–Crippen LogP) is 7.29. The minimum atomic E-state index is 0.0683. The van der Waals surface area contributed by atoms with Crippen molar-refractivity contribution in [2.24, 2.45) is 5.92 Å². The van der Waals surface area contributed by atoms with E-state index >= 15 is 0 Å². The molecule has 0 aromatic heterocycles. The Balaban J connectivity index is 0.000000547. The second kappa shape index (κ2) is 15.4. The molecule has 1 aromatic carbocycles. The van der Waals surface area contributed by atoms with E-state index in [1.165, 1.54) is 31.4 Å². The van der Waals surface area contributed by atoms with E-state index in [0.717, 1.165) is 28.2 Å². The number of hydrogen-bond acceptors (Lipinski definition) is 3. The van der Waals surface area contributed by atoms with Crippen molar-refractivity contribution in [2.45, 2.75) is 59.8 Å². The maximum Gasteiger partial charge on any atom is 0.166 e. The zero-order valence-electron chi connectivity index (χ0n) is 16.3. The third-order valence-electron chi connectivity index (χ3n) is 4.16. The van der Waals surface area contributed by atoms with Crippen LogP contribution in [0.1, 0.15) is 75.7 Å². The zero-order valence-corrected chi connectivity index (χ0v) is 18.0. The predicted molar refractivity (Wildman–Crippen MR) is 119 cm³/mol. The van der Waals surface area contributed by atoms with Crippen LogP contribution in [-0.4, -0.2) is 16.6 Å². The Morgan fingerprint density at radius 1 is 1.20 bits per heavy atom. The van der Waals surface area contributed by atoms with Crippen LogP contribution in [0.2, 0.25) is 0 Å². The summed E-state index contributed by atoms with van der Waals surface area (Å²) >= 11 is 6.03. The van der Waals surface area contributed by atoms with Gasteiger partial charge in [0.25, 0.3) is 0 Å². The summed E-state index contributed by atoms with van der Waals surface area (Å²) in [4.78, 5) is 12.2. The Labute approximate surface area is 164 Å². The van der Waals surface area contributed by atoms with Gasteiger partial charge < -0.3 is 0 Å². The van der Waals surface area contributed by atoms with Crippen LogP contribution in [0.3, 0.4) is 0 Å². The SMILES string of the molecule is C=C=C(C)c1ccccc1C(=O)C(C)CC.CCCCCCSCS. The lowest BCUT2D eigenvalue weighted by atomic mass is 9.91. The van der Waals surface area contributed by atoms with Crippen molar-refractivity contribution in [3.05, 3.63) is 47.7 Å². The summed E-state index contributed by atoms with van der Waals surface area (Å²) in [6.07, 6.45) is 6.37. The summed E-state index contributed by atoms with van der Waals surface area (Å²) in [7, 11) is 0. The van der Waals surface area contributed by atoms with Crippen LogP contribution in [0.15, 0.2) is 36.6 Å². The lowest BCUT2D eigenvalue weighted by molar-refractivity contribution is 0.0927. The molecule has 0 aliphatic carbocycles. The Hall–Kier alpha value is -0.890. The maximum atomic E-state index is 12.2. The standard InChI is InChI=1S/C15H18O.C7H16S2/c1-5-11(3)13-9-7-8-10-14(13)15(16)12(4)6-2;1-2-3-4-5-6-9-7-8/h7-10,12H,1,6H2,2-4H3;8H,2-7H2,1H3. The summed E-state index contributed by atoms with van der Waals surface area (Å²) < 4.78 is 0. The fourth-order valence-electron chi connectivity index (χ4n) is 2.27. The number of allylic oxidation sites excluding steroid dienone is 1. The van der Waals surface area contributed by atoms with E-state index < -0.39 is 0 Å². The lowest BCUT2D eigenvalue weighted by Gasteiger charge is -2.11. The molecule has 1 atom stereocenters. The highest BCUT2D eigenvalue weighted by Gasteiger charge is 2.16. The second-order valence-corrected chi connectivity index (χ2v) is 7.97. The summed E-state index contributed by atoms with van der Waals surface area (Å²) in [5.74, 6) is 1.57. The van der Waals surface area contributed by atoms with Crippen LogP contribution in [-0.2, 0) is 0 Å². The van der Waals surface area contributed by atoms with Gasteiger partial charge in [0.05, 0.1) is 0 Å². The van der Waals surface area contributed by atoms with Gasteiger partial charge in [-0.05, 0) is 36.7 Å². The molecule has 3 heteroatoms. The van der Waals surface area contributed by atoms with Gasteiger partial charge in [-0.25, -0.2) is 0 Å². The highest BCUT2D eigenvalue weighted by Crippen LogP contribution is 2.21. The molecule has 1 rings (SSSR count). The fraction of sp³-hybridized carbons (Fsp3) is 0.545. The molecular formula is C22H34OS2. The minimum Gasteiger partial charge on any atom is -0.294 e. The molecule has 0 radical (unpaired) electrons. The number of hydrogen-bond donors (Lipinski definition) is 1. The molecule has 0 saturated carbocycles. The molecule has 0 spiro atoms. The number of rotatable bonds is 10. The Kier molecular flexibility index (Phi) is 14.8. The normalized spacial score (nSPS) is 11.1. The van der Waals surface area contributed by atoms with Gasteiger partial charge in [-0.2, -0.15) is 24.4 Å². The summed E-state index contributed by atoms with van der Waals surface area (Å²) in [6.45, 7) is 11.8. The molecule has 1 aromatic rings. The molecular weight excluding hydrogens is 344 g/mol. The molecule has 1 nitrogen and oxygen atoms in total. The number of carbonyl (C=O) groups is 1. The van der Waals surface area contributed by atoms with E-state index in [1.807, 2.05) is 56.8 Å². The Bertz CT molecular complexity index is 539. The Morgan fingerprint density at radius 3 is 2.36 bits per heavy atom. The first-order valence-corrected chi connectivity index (χ1v) is 11.0. The van der Waals surface area contributed by atoms with Gasteiger partial charge in [0.15, 0.2) is 5.78 Å². The van der Waals surface area contributed by atoms with E-state index in [-0.39, 0.29) is 11.7 Å². The van der Waals surface area contributed by atoms with Crippen molar-refractivity contribution in [3.8, 4) is 0 Å². The molecule has 0 heterocycles. The van der Waals surface area contributed by atoms with Gasteiger partial charge in [-0.3, -0.25) is 4.79 Å². The van der Waals surface area contributed by atoms with Crippen LogP contribution in [0.5, 0.6) is 0 Å². The smallest absolute Gasteiger partial charge is 0.166 e. The van der Waals surface area contributed by atoms with Gasteiger partial charge in [0.1, 0.15) is 0 Å². The fourth-order valence-corrected chi connectivity index (χ4v) is 3.19. The van der Waals surface area contributed by atoms with Crippen molar-refractivity contribution >= 4 is 35.7 Å². The van der Waals surface area contributed by atoms with E-state index in [1.54, 1.807) is 0 Å². The first-order chi connectivity index (χ1) is 12.0. The largest absolute Gasteiger partial charge is 0.294 e. The second-order valence-electron chi connectivity index (χ2n) is 6.12. The molecule has 0 aliphatic rings. The molecule has 0 aliphatic heterocycles. The summed E-state index contributed by atoms with van der Waals surface area (Å²) in [6, 6.07) is 7.66. The molecule has 0 amide bonds. The van der Waals surface area contributed by atoms with E-state index in [0.29, 0.717) is 0 Å². The van der Waals surface area contributed by atoms with Crippen LogP contribution < -0.4 is 0 Å². The van der Waals surface area contributed by atoms with Crippen molar-refractivity contribution in [2.75, 3.05) is 10.8 Å². The Morgan fingerprint density at radius 2 is 1.84 bits per heavy atom. The summed E-state index contributed by atoms with van der Waals surface area (Å²) in [5, 5.41) is 0.978. The zero-order chi connectivity index (χ0) is 19.1. The third kappa shape index (κ3) is 9.99. The number of carbonyl (C=O) groups excluding carboxylic acids is 1. The van der Waals surface area contributed by atoms with Crippen molar-refractivity contribution < 1.29 is 4.79 Å². The maximum absolute atomic E-state index is 12.2. The average molecular weight is 379 g/mol. The monoisotopic (exact) mass is 378 g/mol. The molecule has 1 unspecified atom stereocenters. The van der Waals surface area contributed by atoms with Crippen LogP contribution in [0.25, 0.3) is 5.57 Å². The number of thiol groups is 1.